The molecule has 1 fully saturated rings. The first-order valence-corrected chi connectivity index (χ1v) is 9.67. The van der Waals surface area contributed by atoms with E-state index < -0.39 is 24.0 Å². The summed E-state index contributed by atoms with van der Waals surface area (Å²) in [6, 6.07) is 2.33. The molecule has 0 bridgehead atoms. The minimum absolute atomic E-state index is 0.00927. The van der Waals surface area contributed by atoms with Gasteiger partial charge in [-0.15, -0.1) is 0 Å². The van der Waals surface area contributed by atoms with Gasteiger partial charge in [0.05, 0.1) is 28.5 Å². The molecule has 2 atom stereocenters. The Labute approximate surface area is 179 Å². The number of alkyl halides is 3. The number of furan rings is 1. The van der Waals surface area contributed by atoms with Gasteiger partial charge >= 0.3 is 6.18 Å². The van der Waals surface area contributed by atoms with Gasteiger partial charge < -0.3 is 26.1 Å². The molecule has 0 radical (unpaired) electrons. The zero-order valence-electron chi connectivity index (χ0n) is 16.0. The Morgan fingerprint density at radius 1 is 1.32 bits per heavy atom. The number of fused-ring (bicyclic) bond motifs is 1. The largest absolute Gasteiger partial charge is 0.438 e. The number of nitrogen functional groups attached to an aromatic ring is 1. The fourth-order valence-corrected chi connectivity index (χ4v) is 3.86. The first-order chi connectivity index (χ1) is 14.6. The lowest BCUT2D eigenvalue weighted by atomic mass is 9.93. The monoisotopic (exact) mass is 454 g/mol. The Morgan fingerprint density at radius 3 is 2.84 bits per heavy atom. The highest BCUT2D eigenvalue weighted by Gasteiger charge is 2.44. The second-order valence-electron chi connectivity index (χ2n) is 7.33. The third kappa shape index (κ3) is 4.23. The SMILES string of the molecule is Nc1oc2cc(Cl)cnc2c1C(=O)Nc1cnccc1N1C[C@@H](N)C[C@@H](C(F)(F)F)C1. The molecule has 3 aromatic heterocycles. The van der Waals surface area contributed by atoms with Crippen LogP contribution >= 0.6 is 11.6 Å². The molecule has 0 saturated carbocycles. The van der Waals surface area contributed by atoms with Gasteiger partial charge in [-0.1, -0.05) is 11.6 Å². The third-order valence-corrected chi connectivity index (χ3v) is 5.29. The number of anilines is 3. The molecule has 3 aromatic rings. The van der Waals surface area contributed by atoms with Gasteiger partial charge in [-0.3, -0.25) is 14.8 Å². The van der Waals surface area contributed by atoms with Crippen LogP contribution in [-0.4, -0.2) is 41.2 Å². The standard InChI is InChI=1S/C19H18ClF3N6O2/c20-10-4-14-16(27-5-10)15(17(25)31-14)18(30)28-12-6-26-2-1-13(12)29-7-9(19(21,22)23)3-11(24)8-29/h1-2,4-6,9,11H,3,7-8,24-25H2,(H,28,30)/t9-,11+/m1/s1. The van der Waals surface area contributed by atoms with Gasteiger partial charge in [0, 0.05) is 37.6 Å². The highest BCUT2D eigenvalue weighted by Crippen LogP contribution is 2.37. The molecule has 1 aliphatic heterocycles. The van der Waals surface area contributed by atoms with E-state index in [-0.39, 0.29) is 47.7 Å². The molecule has 5 N–H and O–H groups in total. The molecule has 12 heteroatoms. The van der Waals surface area contributed by atoms with E-state index in [9.17, 15) is 18.0 Å². The summed E-state index contributed by atoms with van der Waals surface area (Å²) in [5.41, 5.74) is 12.7. The molecular formula is C19H18ClF3N6O2. The molecule has 0 aliphatic carbocycles. The van der Waals surface area contributed by atoms with Crippen molar-refractivity contribution >= 4 is 45.9 Å². The number of nitrogens with one attached hydrogen (secondary N) is 1. The molecule has 0 aromatic carbocycles. The number of carbonyl (C=O) groups is 1. The van der Waals surface area contributed by atoms with Crippen LogP contribution in [0.25, 0.3) is 11.1 Å². The molecule has 8 nitrogen and oxygen atoms in total. The molecule has 4 heterocycles. The summed E-state index contributed by atoms with van der Waals surface area (Å²) in [5.74, 6) is -2.38. The number of piperidine rings is 1. The Kier molecular flexibility index (Phi) is 5.40. The second kappa shape index (κ2) is 7.89. The van der Waals surface area contributed by atoms with Crippen molar-refractivity contribution in [2.45, 2.75) is 18.6 Å². The molecule has 1 aliphatic rings. The Bertz CT molecular complexity index is 1140. The summed E-state index contributed by atoms with van der Waals surface area (Å²) < 4.78 is 45.3. The van der Waals surface area contributed by atoms with Crippen molar-refractivity contribution in [3.05, 3.63) is 41.3 Å². The van der Waals surface area contributed by atoms with Crippen molar-refractivity contribution in [3.63, 3.8) is 0 Å². The van der Waals surface area contributed by atoms with Crippen molar-refractivity contribution in [1.29, 1.82) is 0 Å². The number of carbonyl (C=O) groups excluding carboxylic acids is 1. The zero-order valence-corrected chi connectivity index (χ0v) is 16.7. The number of aromatic nitrogens is 2. The maximum atomic E-state index is 13.3. The van der Waals surface area contributed by atoms with Gasteiger partial charge in [-0.2, -0.15) is 13.2 Å². The number of rotatable bonds is 3. The maximum Gasteiger partial charge on any atom is 0.393 e. The lowest BCUT2D eigenvalue weighted by Crippen LogP contribution is -2.51. The van der Waals surface area contributed by atoms with Crippen LogP contribution in [0.4, 0.5) is 30.4 Å². The first kappa shape index (κ1) is 21.2. The fourth-order valence-electron chi connectivity index (χ4n) is 3.71. The normalized spacial score (nSPS) is 19.6. The van der Waals surface area contributed by atoms with Crippen molar-refractivity contribution in [1.82, 2.24) is 9.97 Å². The Balaban J connectivity index is 1.64. The van der Waals surface area contributed by atoms with Crippen molar-refractivity contribution in [2.24, 2.45) is 11.7 Å². The number of nitrogens with zero attached hydrogens (tertiary/aromatic N) is 3. The molecule has 31 heavy (non-hydrogen) atoms. The van der Waals surface area contributed by atoms with Crippen LogP contribution in [0.3, 0.4) is 0 Å². The van der Waals surface area contributed by atoms with E-state index in [1.165, 1.54) is 35.6 Å². The van der Waals surface area contributed by atoms with Gasteiger partial charge in [0.2, 0.25) is 5.88 Å². The summed E-state index contributed by atoms with van der Waals surface area (Å²) in [5, 5.41) is 2.96. The number of hydrogen-bond acceptors (Lipinski definition) is 7. The number of nitrogens with two attached hydrogens (primary N) is 2. The van der Waals surface area contributed by atoms with E-state index in [1.54, 1.807) is 0 Å². The summed E-state index contributed by atoms with van der Waals surface area (Å²) in [7, 11) is 0. The zero-order chi connectivity index (χ0) is 22.3. The third-order valence-electron chi connectivity index (χ3n) is 5.08. The van der Waals surface area contributed by atoms with Crippen LogP contribution in [-0.2, 0) is 0 Å². The van der Waals surface area contributed by atoms with Gasteiger partial charge in [-0.05, 0) is 12.5 Å². The Hall–Kier alpha value is -3.05. The average Bonchev–Trinajstić information content (AvgIpc) is 3.02. The molecule has 0 spiro atoms. The van der Waals surface area contributed by atoms with Crippen molar-refractivity contribution < 1.29 is 22.4 Å². The highest BCUT2D eigenvalue weighted by molar-refractivity contribution is 6.31. The minimum atomic E-state index is -4.37. The summed E-state index contributed by atoms with van der Waals surface area (Å²) in [4.78, 5) is 22.5. The average molecular weight is 455 g/mol. The van der Waals surface area contributed by atoms with Crippen LogP contribution < -0.4 is 21.7 Å². The molecule has 0 unspecified atom stereocenters. The molecule has 1 saturated heterocycles. The van der Waals surface area contributed by atoms with Gasteiger partial charge in [-0.25, -0.2) is 0 Å². The minimum Gasteiger partial charge on any atom is -0.438 e. The van der Waals surface area contributed by atoms with Crippen LogP contribution in [0.1, 0.15) is 16.8 Å². The fraction of sp³-hybridized carbons (Fsp3) is 0.316. The summed E-state index contributed by atoms with van der Waals surface area (Å²) in [6.45, 7) is -0.0722. The van der Waals surface area contributed by atoms with Crippen LogP contribution in [0.15, 0.2) is 35.1 Å². The van der Waals surface area contributed by atoms with E-state index in [4.69, 9.17) is 27.5 Å². The van der Waals surface area contributed by atoms with Crippen LogP contribution in [0, 0.1) is 5.92 Å². The topological polar surface area (TPSA) is 123 Å². The van der Waals surface area contributed by atoms with Crippen molar-refractivity contribution in [3.8, 4) is 0 Å². The number of halogens is 4. The Morgan fingerprint density at radius 2 is 2.10 bits per heavy atom. The highest BCUT2D eigenvalue weighted by atomic mass is 35.5. The lowest BCUT2D eigenvalue weighted by molar-refractivity contribution is -0.177. The molecular weight excluding hydrogens is 437 g/mol. The van der Waals surface area contributed by atoms with Crippen molar-refractivity contribution in [2.75, 3.05) is 29.0 Å². The summed E-state index contributed by atoms with van der Waals surface area (Å²) in [6.07, 6.45) is -0.405. The number of amides is 1. The predicted octanol–water partition coefficient (Wildman–Crippen LogP) is 3.43. The maximum absolute atomic E-state index is 13.3. The van der Waals surface area contributed by atoms with Crippen LogP contribution in [0.5, 0.6) is 0 Å². The number of hydrogen-bond donors (Lipinski definition) is 3. The second-order valence-corrected chi connectivity index (χ2v) is 7.76. The predicted molar refractivity (Wildman–Crippen MR) is 110 cm³/mol. The molecule has 1 amide bonds. The van der Waals surface area contributed by atoms with Gasteiger partial charge in [0.1, 0.15) is 11.1 Å². The number of pyridine rings is 2. The van der Waals surface area contributed by atoms with E-state index >= 15 is 0 Å². The van der Waals surface area contributed by atoms with Crippen LogP contribution in [0.2, 0.25) is 5.02 Å². The van der Waals surface area contributed by atoms with Gasteiger partial charge in [0.15, 0.2) is 5.58 Å². The first-order valence-electron chi connectivity index (χ1n) is 9.29. The quantitative estimate of drug-likeness (QED) is 0.554. The van der Waals surface area contributed by atoms with E-state index in [1.807, 2.05) is 0 Å². The molecule has 4 rings (SSSR count). The van der Waals surface area contributed by atoms with E-state index in [2.05, 4.69) is 15.3 Å². The molecule has 164 valence electrons. The van der Waals surface area contributed by atoms with E-state index in [0.29, 0.717) is 10.7 Å². The summed E-state index contributed by atoms with van der Waals surface area (Å²) >= 11 is 5.88. The van der Waals surface area contributed by atoms with E-state index in [0.717, 1.165) is 0 Å². The van der Waals surface area contributed by atoms with Gasteiger partial charge in [0.25, 0.3) is 5.91 Å². The smallest absolute Gasteiger partial charge is 0.393 e. The lowest BCUT2D eigenvalue weighted by Gasteiger charge is -2.39.